The van der Waals surface area contributed by atoms with E-state index >= 15 is 0 Å². The topological polar surface area (TPSA) is 263 Å². The Balaban J connectivity index is 1.10. The van der Waals surface area contributed by atoms with Crippen LogP contribution in [0.4, 0.5) is 9.59 Å². The van der Waals surface area contributed by atoms with Crippen LogP contribution in [0.1, 0.15) is 83.5 Å². The molecule has 0 aromatic rings. The van der Waals surface area contributed by atoms with Gasteiger partial charge in [0.2, 0.25) is 35.4 Å². The fourth-order valence-electron chi connectivity index (χ4n) is 8.54. The first kappa shape index (κ1) is 55.1. The second-order valence-corrected chi connectivity index (χ2v) is 19.8. The molecule has 6 atom stereocenters. The highest BCUT2D eigenvalue weighted by molar-refractivity contribution is 8.00. The standard InChI is InChI=1S/C45H76N12O8S2/c1-3-36(58)48-18-9-26-56(40(62)16-20-46-22-24-50-38(60)14-7-5-12-34-42-32(30-66-34)52-44(64)54-42)28-11-29-57(27-10-19-49-37(59)4-2)41(63)17-21-47-23-25-51-39(61)15-8-6-13-35-43-33(31-67-35)53-45(65)55-43/h3-4,32-35,42-43,46-47H,1-2,5-31H2,(H,48,58)(H,49,59)(H,50,60)(H,51,61)(H2,52,54,64)(H2,53,55,65)/t32-,33-,34-,35-,42-,43-/m1/s1. The first-order valence-electron chi connectivity index (χ1n) is 24.2. The van der Waals surface area contributed by atoms with Crippen LogP contribution < -0.4 is 53.2 Å². The zero-order valence-electron chi connectivity index (χ0n) is 39.1. The first-order chi connectivity index (χ1) is 32.5. The Morgan fingerprint density at radius 1 is 0.507 bits per heavy atom. The van der Waals surface area contributed by atoms with E-state index in [2.05, 4.69) is 66.3 Å². The van der Waals surface area contributed by atoms with Crippen LogP contribution in [0, 0.1) is 0 Å². The van der Waals surface area contributed by atoms with Gasteiger partial charge in [0.15, 0.2) is 0 Å². The molecule has 0 radical (unpaired) electrons. The highest BCUT2D eigenvalue weighted by atomic mass is 32.2. The predicted octanol–water partition coefficient (Wildman–Crippen LogP) is 0.0617. The lowest BCUT2D eigenvalue weighted by Gasteiger charge is -2.27. The molecule has 4 heterocycles. The molecule has 67 heavy (non-hydrogen) atoms. The number of fused-ring (bicyclic) bond motifs is 2. The SMILES string of the molecule is C=CC(=O)NCCCN(CCCN(CCCNC(=O)C=C)C(=O)CCNCCNC(=O)CCCC[C@H]1SC[C@H]2NC(=O)N[C@H]21)C(=O)CCNCCNC(=O)CCCC[C@H]1SC[C@H]2NC(=O)N[C@H]21. The zero-order valence-corrected chi connectivity index (χ0v) is 40.7. The normalized spacial score (nSPS) is 21.1. The molecule has 0 bridgehead atoms. The predicted molar refractivity (Wildman–Crippen MR) is 262 cm³/mol. The van der Waals surface area contributed by atoms with Gasteiger partial charge >= 0.3 is 12.1 Å². The van der Waals surface area contributed by atoms with Gasteiger partial charge in [-0.25, -0.2) is 9.59 Å². The molecule has 0 spiro atoms. The molecule has 0 aromatic heterocycles. The van der Waals surface area contributed by atoms with E-state index in [1.54, 1.807) is 9.80 Å². The third kappa shape index (κ3) is 21.1. The molecule has 0 aromatic carbocycles. The van der Waals surface area contributed by atoms with Gasteiger partial charge < -0.3 is 63.0 Å². The van der Waals surface area contributed by atoms with Crippen molar-refractivity contribution in [3.63, 3.8) is 0 Å². The van der Waals surface area contributed by atoms with E-state index in [0.29, 0.717) is 121 Å². The fraction of sp³-hybridized carbons (Fsp3) is 0.733. The lowest BCUT2D eigenvalue weighted by molar-refractivity contribution is -0.132. The minimum atomic E-state index is -0.287. The molecule has 0 aliphatic carbocycles. The molecule has 4 fully saturated rings. The molecule has 4 rings (SSSR count). The van der Waals surface area contributed by atoms with Crippen LogP contribution in [0.25, 0.3) is 0 Å². The number of nitrogens with zero attached hydrogens (tertiary/aromatic N) is 2. The van der Waals surface area contributed by atoms with E-state index in [9.17, 15) is 38.4 Å². The summed E-state index contributed by atoms with van der Waals surface area (Å²) in [5, 5.41) is 30.5. The largest absolute Gasteiger partial charge is 0.355 e. The second kappa shape index (κ2) is 31.5. The lowest BCUT2D eigenvalue weighted by Crippen LogP contribution is -2.40. The molecule has 376 valence electrons. The van der Waals surface area contributed by atoms with Crippen LogP contribution in [0.15, 0.2) is 25.3 Å². The summed E-state index contributed by atoms with van der Waals surface area (Å²) in [5.74, 6) is 1.11. The molecule has 10 N–H and O–H groups in total. The molecule has 10 amide bonds. The van der Waals surface area contributed by atoms with Crippen LogP contribution in [0.2, 0.25) is 0 Å². The summed E-state index contributed by atoms with van der Waals surface area (Å²) in [7, 11) is 0. The molecule has 22 heteroatoms. The van der Waals surface area contributed by atoms with Crippen molar-refractivity contribution in [1.29, 1.82) is 0 Å². The number of hydrogen-bond donors (Lipinski definition) is 10. The number of nitrogens with one attached hydrogen (secondary N) is 10. The van der Waals surface area contributed by atoms with Gasteiger partial charge in [0, 0.05) is 126 Å². The highest BCUT2D eigenvalue weighted by Crippen LogP contribution is 2.34. The summed E-state index contributed by atoms with van der Waals surface area (Å²) in [5.41, 5.74) is 0. The minimum absolute atomic E-state index is 0.0115. The van der Waals surface area contributed by atoms with Gasteiger partial charge in [-0.1, -0.05) is 26.0 Å². The second-order valence-electron chi connectivity index (χ2n) is 17.2. The summed E-state index contributed by atoms with van der Waals surface area (Å²) >= 11 is 3.74. The number of hydrogen-bond acceptors (Lipinski definition) is 12. The summed E-state index contributed by atoms with van der Waals surface area (Å²) in [4.78, 5) is 102. The Labute approximate surface area is 404 Å². The molecule has 4 aliphatic heterocycles. The fourth-order valence-corrected chi connectivity index (χ4v) is 11.6. The van der Waals surface area contributed by atoms with Gasteiger partial charge in [0.05, 0.1) is 24.2 Å². The molecule has 4 saturated heterocycles. The molecule has 20 nitrogen and oxygen atoms in total. The van der Waals surface area contributed by atoms with E-state index in [1.165, 1.54) is 12.2 Å². The van der Waals surface area contributed by atoms with Gasteiger partial charge in [-0.2, -0.15) is 23.5 Å². The number of rotatable bonds is 36. The van der Waals surface area contributed by atoms with Crippen molar-refractivity contribution in [1.82, 2.24) is 63.0 Å². The van der Waals surface area contributed by atoms with Crippen LogP contribution in [-0.4, -0.2) is 182 Å². The number of thioether (sulfide) groups is 2. The molecule has 4 aliphatic rings. The van der Waals surface area contributed by atoms with Crippen LogP contribution in [0.3, 0.4) is 0 Å². The Morgan fingerprint density at radius 2 is 0.925 bits per heavy atom. The maximum absolute atomic E-state index is 13.4. The number of unbranched alkanes of at least 4 members (excludes halogenated alkanes) is 2. The first-order valence-corrected chi connectivity index (χ1v) is 26.2. The average Bonchev–Trinajstić information content (AvgIpc) is 4.08. The summed E-state index contributed by atoms with van der Waals surface area (Å²) in [6.45, 7) is 12.1. The smallest absolute Gasteiger partial charge is 0.315 e. The van der Waals surface area contributed by atoms with Crippen molar-refractivity contribution in [3.05, 3.63) is 25.3 Å². The van der Waals surface area contributed by atoms with Gasteiger partial charge in [-0.05, 0) is 57.1 Å². The third-order valence-corrected chi connectivity index (χ3v) is 15.2. The lowest BCUT2D eigenvalue weighted by atomic mass is 10.0. The van der Waals surface area contributed by atoms with Crippen molar-refractivity contribution in [2.45, 2.75) is 118 Å². The highest BCUT2D eigenvalue weighted by Gasteiger charge is 2.43. The zero-order chi connectivity index (χ0) is 48.2. The molecular weight excluding hydrogens is 901 g/mol. The average molecular weight is 977 g/mol. The molecule has 0 saturated carbocycles. The minimum Gasteiger partial charge on any atom is -0.355 e. The summed E-state index contributed by atoms with van der Waals surface area (Å²) < 4.78 is 0. The number of urea groups is 2. The summed E-state index contributed by atoms with van der Waals surface area (Å²) in [6, 6.07) is 0.548. The van der Waals surface area contributed by atoms with Crippen molar-refractivity contribution in [2.24, 2.45) is 0 Å². The van der Waals surface area contributed by atoms with Crippen LogP contribution >= 0.6 is 23.5 Å². The number of carbonyl (C=O) groups excluding carboxylic acids is 8. The van der Waals surface area contributed by atoms with E-state index in [0.717, 1.165) is 50.0 Å². The van der Waals surface area contributed by atoms with Gasteiger partial charge in [-0.15, -0.1) is 0 Å². The van der Waals surface area contributed by atoms with Crippen molar-refractivity contribution < 1.29 is 38.4 Å². The van der Waals surface area contributed by atoms with Crippen molar-refractivity contribution in [3.8, 4) is 0 Å². The Hall–Kier alpha value is -4.54. The molecule has 0 unspecified atom stereocenters. The van der Waals surface area contributed by atoms with Gasteiger partial charge in [-0.3, -0.25) is 28.8 Å². The number of carbonyl (C=O) groups is 8. The third-order valence-electron chi connectivity index (χ3n) is 12.2. The van der Waals surface area contributed by atoms with Gasteiger partial charge in [0.25, 0.3) is 0 Å². The quantitative estimate of drug-likeness (QED) is 0.0227. The van der Waals surface area contributed by atoms with E-state index < -0.39 is 0 Å². The van der Waals surface area contributed by atoms with Gasteiger partial charge in [0.1, 0.15) is 0 Å². The molecular formula is C45H76N12O8S2. The van der Waals surface area contributed by atoms with Crippen LogP contribution in [-0.2, 0) is 28.8 Å². The van der Waals surface area contributed by atoms with E-state index in [4.69, 9.17) is 0 Å². The monoisotopic (exact) mass is 977 g/mol. The Bertz CT molecular complexity index is 1550. The van der Waals surface area contributed by atoms with Crippen LogP contribution in [0.5, 0.6) is 0 Å². The maximum Gasteiger partial charge on any atom is 0.315 e. The van der Waals surface area contributed by atoms with Crippen molar-refractivity contribution in [2.75, 3.05) is 90.0 Å². The van der Waals surface area contributed by atoms with E-state index in [1.807, 2.05) is 23.5 Å². The Morgan fingerprint density at radius 3 is 1.34 bits per heavy atom. The van der Waals surface area contributed by atoms with E-state index in [-0.39, 0.29) is 84.5 Å². The van der Waals surface area contributed by atoms with Crippen molar-refractivity contribution >= 4 is 71.0 Å². The Kier molecular flexibility index (Phi) is 25.9. The summed E-state index contributed by atoms with van der Waals surface area (Å²) in [6.07, 6.45) is 10.7. The maximum atomic E-state index is 13.4. The number of amides is 10.